The number of alkyl halides is 1. The highest BCUT2D eigenvalue weighted by Gasteiger charge is 2.31. The van der Waals surface area contributed by atoms with Crippen LogP contribution in [-0.2, 0) is 26.3 Å². The normalized spacial score (nSPS) is 13.3. The summed E-state index contributed by atoms with van der Waals surface area (Å²) in [6, 6.07) is 6.35. The molecule has 0 aromatic heterocycles. The Morgan fingerprint density at radius 1 is 1.10 bits per heavy atom. The van der Waals surface area contributed by atoms with Crippen molar-refractivity contribution in [2.75, 3.05) is 18.7 Å². The fourth-order valence-electron chi connectivity index (χ4n) is 1.43. The lowest BCUT2D eigenvalue weighted by Gasteiger charge is -2.22. The van der Waals surface area contributed by atoms with Crippen LogP contribution in [0, 0.1) is 0 Å². The van der Waals surface area contributed by atoms with Crippen molar-refractivity contribution in [3.8, 4) is 0 Å². The minimum atomic E-state index is -3.73. The first-order valence-electron chi connectivity index (χ1n) is 6.34. The molecule has 0 heterocycles. The number of sulfone groups is 1. The van der Waals surface area contributed by atoms with Gasteiger partial charge in [0.15, 0.2) is 9.84 Å². The van der Waals surface area contributed by atoms with Gasteiger partial charge in [0, 0.05) is 18.7 Å². The molecular weight excluding hydrogens is 334 g/mol. The van der Waals surface area contributed by atoms with Crippen LogP contribution in [-0.4, -0.2) is 40.3 Å². The Labute approximate surface area is 131 Å². The van der Waals surface area contributed by atoms with Gasteiger partial charge in [0.05, 0.1) is 9.64 Å². The third kappa shape index (κ3) is 4.95. The Kier molecular flexibility index (Phi) is 5.83. The van der Waals surface area contributed by atoms with Crippen LogP contribution in [0.3, 0.4) is 0 Å². The van der Waals surface area contributed by atoms with Crippen LogP contribution in [0.1, 0.15) is 19.4 Å². The molecule has 0 aliphatic carbocycles. The highest BCUT2D eigenvalue weighted by atomic mass is 35.5. The zero-order chi connectivity index (χ0) is 16.3. The van der Waals surface area contributed by atoms with E-state index in [9.17, 15) is 16.8 Å². The summed E-state index contributed by atoms with van der Waals surface area (Å²) in [5.74, 6) is 0.465. The zero-order valence-corrected chi connectivity index (χ0v) is 14.6. The Bertz CT molecular complexity index is 679. The average molecular weight is 354 g/mol. The predicted octanol–water partition coefficient (Wildman–Crippen LogP) is 1.57. The van der Waals surface area contributed by atoms with Gasteiger partial charge >= 0.3 is 0 Å². The van der Waals surface area contributed by atoms with E-state index in [4.69, 9.17) is 11.6 Å². The van der Waals surface area contributed by atoms with Crippen molar-refractivity contribution in [3.05, 3.63) is 29.8 Å². The predicted molar refractivity (Wildman–Crippen MR) is 85.0 cm³/mol. The highest BCUT2D eigenvalue weighted by Crippen LogP contribution is 2.16. The van der Waals surface area contributed by atoms with Crippen LogP contribution < -0.4 is 4.72 Å². The molecule has 0 spiro atoms. The Hall–Kier alpha value is -0.630. The molecular formula is C13H20ClNO4S2. The number of hydrogen-bond donors (Lipinski definition) is 1. The molecule has 120 valence electrons. The largest absolute Gasteiger partial charge is 0.240 e. The molecule has 1 rings (SSSR count). The van der Waals surface area contributed by atoms with Crippen molar-refractivity contribution in [2.24, 2.45) is 0 Å². The molecule has 8 heteroatoms. The number of rotatable bonds is 7. The molecule has 0 bridgehead atoms. The van der Waals surface area contributed by atoms with Crippen LogP contribution in [0.4, 0.5) is 0 Å². The first-order chi connectivity index (χ1) is 9.49. The molecule has 1 aromatic rings. The average Bonchev–Trinajstić information content (AvgIpc) is 2.36. The van der Waals surface area contributed by atoms with Gasteiger partial charge in [0.1, 0.15) is 0 Å². The second-order valence-electron chi connectivity index (χ2n) is 5.44. The molecule has 0 amide bonds. The van der Waals surface area contributed by atoms with Gasteiger partial charge in [0.25, 0.3) is 0 Å². The standard InChI is InChI=1S/C13H20ClNO4S2/c1-13(2,20(3,16)17)10-15-21(18,19)12-6-4-11(5-7-12)8-9-14/h4-7,15H,8-10H2,1-3H3. The van der Waals surface area contributed by atoms with Crippen molar-refractivity contribution in [2.45, 2.75) is 29.9 Å². The van der Waals surface area contributed by atoms with Crippen molar-refractivity contribution in [1.82, 2.24) is 4.72 Å². The van der Waals surface area contributed by atoms with Gasteiger partial charge in [-0.25, -0.2) is 21.6 Å². The summed E-state index contributed by atoms with van der Waals surface area (Å²) in [6.07, 6.45) is 1.75. The second-order valence-corrected chi connectivity index (χ2v) is 10.2. The summed E-state index contributed by atoms with van der Waals surface area (Å²) in [5.41, 5.74) is 0.945. The number of sulfonamides is 1. The third-order valence-corrected chi connectivity index (χ3v) is 7.07. The van der Waals surface area contributed by atoms with Crippen LogP contribution >= 0.6 is 11.6 Å². The lowest BCUT2D eigenvalue weighted by Crippen LogP contribution is -2.43. The Morgan fingerprint density at radius 2 is 1.62 bits per heavy atom. The van der Waals surface area contributed by atoms with E-state index >= 15 is 0 Å². The smallest absolute Gasteiger partial charge is 0.229 e. The van der Waals surface area contributed by atoms with E-state index in [0.29, 0.717) is 12.3 Å². The highest BCUT2D eigenvalue weighted by molar-refractivity contribution is 7.92. The van der Waals surface area contributed by atoms with E-state index in [2.05, 4.69) is 4.72 Å². The van der Waals surface area contributed by atoms with E-state index in [0.717, 1.165) is 11.8 Å². The van der Waals surface area contributed by atoms with Gasteiger partial charge in [-0.2, -0.15) is 0 Å². The number of hydrogen-bond acceptors (Lipinski definition) is 4. The molecule has 0 saturated carbocycles. The van der Waals surface area contributed by atoms with Crippen LogP contribution in [0.15, 0.2) is 29.2 Å². The van der Waals surface area contributed by atoms with E-state index < -0.39 is 24.6 Å². The van der Waals surface area contributed by atoms with Gasteiger partial charge in [-0.05, 0) is 38.0 Å². The van der Waals surface area contributed by atoms with Crippen molar-refractivity contribution >= 4 is 31.5 Å². The molecule has 21 heavy (non-hydrogen) atoms. The van der Waals surface area contributed by atoms with Gasteiger partial charge in [-0.15, -0.1) is 11.6 Å². The molecule has 1 aromatic carbocycles. The maximum absolute atomic E-state index is 12.1. The molecule has 0 aliphatic heterocycles. The van der Waals surface area contributed by atoms with E-state index in [1.54, 1.807) is 12.1 Å². The number of benzene rings is 1. The molecule has 5 nitrogen and oxygen atoms in total. The topological polar surface area (TPSA) is 80.3 Å². The lowest BCUT2D eigenvalue weighted by molar-refractivity contribution is 0.537. The summed E-state index contributed by atoms with van der Waals surface area (Å²) in [4.78, 5) is 0.102. The lowest BCUT2D eigenvalue weighted by atomic mass is 10.2. The first-order valence-corrected chi connectivity index (χ1v) is 10.2. The Morgan fingerprint density at radius 3 is 2.05 bits per heavy atom. The van der Waals surface area contributed by atoms with Crippen molar-refractivity contribution < 1.29 is 16.8 Å². The summed E-state index contributed by atoms with van der Waals surface area (Å²) in [7, 11) is -7.10. The second kappa shape index (κ2) is 6.64. The van der Waals surface area contributed by atoms with Crippen LogP contribution in [0.5, 0.6) is 0 Å². The van der Waals surface area contributed by atoms with Gasteiger partial charge in [0.2, 0.25) is 10.0 Å². The monoisotopic (exact) mass is 353 g/mol. The number of halogens is 1. The molecule has 1 N–H and O–H groups in total. The maximum atomic E-state index is 12.1. The van der Waals surface area contributed by atoms with E-state index in [-0.39, 0.29) is 11.4 Å². The number of nitrogens with one attached hydrogen (secondary N) is 1. The van der Waals surface area contributed by atoms with Crippen LogP contribution in [0.25, 0.3) is 0 Å². The molecule has 0 radical (unpaired) electrons. The fraction of sp³-hybridized carbons (Fsp3) is 0.538. The summed E-state index contributed by atoms with van der Waals surface area (Å²) < 4.78 is 48.6. The Balaban J connectivity index is 2.87. The number of aryl methyl sites for hydroxylation is 1. The SMILES string of the molecule is CC(C)(CNS(=O)(=O)c1ccc(CCCl)cc1)S(C)(=O)=O. The maximum Gasteiger partial charge on any atom is 0.240 e. The van der Waals surface area contributed by atoms with Crippen LogP contribution in [0.2, 0.25) is 0 Å². The summed E-state index contributed by atoms with van der Waals surface area (Å²) >= 11 is 5.62. The van der Waals surface area contributed by atoms with Gasteiger partial charge in [-0.1, -0.05) is 12.1 Å². The van der Waals surface area contributed by atoms with Crippen molar-refractivity contribution in [1.29, 1.82) is 0 Å². The quantitative estimate of drug-likeness (QED) is 0.754. The summed E-state index contributed by atoms with van der Waals surface area (Å²) in [5, 5.41) is 0. The summed E-state index contributed by atoms with van der Waals surface area (Å²) in [6.45, 7) is 2.78. The molecule has 0 unspecified atom stereocenters. The first kappa shape index (κ1) is 18.4. The van der Waals surface area contributed by atoms with Gasteiger partial charge in [-0.3, -0.25) is 0 Å². The minimum Gasteiger partial charge on any atom is -0.229 e. The molecule has 0 fully saturated rings. The molecule has 0 atom stereocenters. The van der Waals surface area contributed by atoms with E-state index in [1.807, 2.05) is 0 Å². The third-order valence-electron chi connectivity index (χ3n) is 3.31. The fourth-order valence-corrected chi connectivity index (χ4v) is 3.28. The minimum absolute atomic E-state index is 0.102. The molecule has 0 aliphatic rings. The van der Waals surface area contributed by atoms with Crippen molar-refractivity contribution in [3.63, 3.8) is 0 Å². The molecule has 0 saturated heterocycles. The zero-order valence-electron chi connectivity index (χ0n) is 12.3. The van der Waals surface area contributed by atoms with E-state index in [1.165, 1.54) is 26.0 Å². The van der Waals surface area contributed by atoms with Gasteiger partial charge < -0.3 is 0 Å².